The fourth-order valence-corrected chi connectivity index (χ4v) is 2.23. The molecule has 0 saturated heterocycles. The van der Waals surface area contributed by atoms with Gasteiger partial charge in [0.15, 0.2) is 0 Å². The molecule has 0 saturated carbocycles. The van der Waals surface area contributed by atoms with Crippen LogP contribution in [0.4, 0.5) is 0 Å². The quantitative estimate of drug-likeness (QED) is 0.565. The molecule has 0 spiro atoms. The van der Waals surface area contributed by atoms with E-state index in [0.29, 0.717) is 5.41 Å². The van der Waals surface area contributed by atoms with Crippen molar-refractivity contribution < 1.29 is 0 Å². The summed E-state index contributed by atoms with van der Waals surface area (Å²) < 4.78 is 0. The molecular weight excluding hydrogens is 168 g/mol. The summed E-state index contributed by atoms with van der Waals surface area (Å²) in [7, 11) is 0. The van der Waals surface area contributed by atoms with Crippen molar-refractivity contribution in [3.63, 3.8) is 0 Å². The summed E-state index contributed by atoms with van der Waals surface area (Å²) in [5.74, 6) is 0. The molecule has 0 radical (unpaired) electrons. The van der Waals surface area contributed by atoms with Crippen LogP contribution in [-0.2, 0) is 0 Å². The normalized spacial score (nSPS) is 26.8. The Morgan fingerprint density at radius 2 is 2.07 bits per heavy atom. The van der Waals surface area contributed by atoms with Crippen LogP contribution < -0.4 is 0 Å². The van der Waals surface area contributed by atoms with E-state index in [1.165, 1.54) is 23.1 Å². The van der Waals surface area contributed by atoms with E-state index in [2.05, 4.69) is 52.8 Å². The van der Waals surface area contributed by atoms with Gasteiger partial charge in [-0.3, -0.25) is 0 Å². The van der Waals surface area contributed by atoms with Crippen LogP contribution in [0.5, 0.6) is 0 Å². The molecule has 0 bridgehead atoms. The Balaban J connectivity index is 3.19. The summed E-state index contributed by atoms with van der Waals surface area (Å²) in [6, 6.07) is 0. The Bertz CT molecular complexity index is 298. The predicted octanol–water partition coefficient (Wildman–Crippen LogP) is 4.65. The summed E-state index contributed by atoms with van der Waals surface area (Å²) in [5, 5.41) is 0. The third-order valence-corrected chi connectivity index (χ3v) is 3.06. The first-order valence-corrected chi connectivity index (χ1v) is 5.57. The lowest BCUT2D eigenvalue weighted by Crippen LogP contribution is -2.20. The molecule has 0 amide bonds. The van der Waals surface area contributed by atoms with Gasteiger partial charge in [-0.2, -0.15) is 0 Å². The monoisotopic (exact) mass is 190 g/mol. The maximum atomic E-state index is 2.37. The lowest BCUT2D eigenvalue weighted by atomic mass is 9.71. The molecule has 0 atom stereocenters. The molecule has 0 aromatic rings. The van der Waals surface area contributed by atoms with E-state index in [1.807, 2.05) is 0 Å². The molecule has 0 unspecified atom stereocenters. The van der Waals surface area contributed by atoms with Crippen LogP contribution in [0, 0.1) is 5.41 Å². The van der Waals surface area contributed by atoms with E-state index in [4.69, 9.17) is 0 Å². The van der Waals surface area contributed by atoms with Crippen molar-refractivity contribution in [1.82, 2.24) is 0 Å². The van der Waals surface area contributed by atoms with Crippen LogP contribution >= 0.6 is 0 Å². The summed E-state index contributed by atoms with van der Waals surface area (Å²) in [4.78, 5) is 0. The molecule has 0 aromatic carbocycles. The van der Waals surface area contributed by atoms with Gasteiger partial charge in [-0.05, 0) is 48.8 Å². The first-order chi connectivity index (χ1) is 6.53. The average molecular weight is 190 g/mol. The van der Waals surface area contributed by atoms with Crippen LogP contribution in [0.15, 0.2) is 34.9 Å². The zero-order valence-corrected chi connectivity index (χ0v) is 10.1. The van der Waals surface area contributed by atoms with E-state index in [1.54, 1.807) is 0 Å². The molecule has 1 rings (SSSR count). The Morgan fingerprint density at radius 3 is 2.57 bits per heavy atom. The van der Waals surface area contributed by atoms with Gasteiger partial charge in [0.2, 0.25) is 0 Å². The third-order valence-electron chi connectivity index (χ3n) is 3.06. The average Bonchev–Trinajstić information content (AvgIpc) is 2.12. The topological polar surface area (TPSA) is 0 Å². The minimum absolute atomic E-state index is 0.315. The van der Waals surface area contributed by atoms with Gasteiger partial charge >= 0.3 is 0 Å². The molecular formula is C14H22. The van der Waals surface area contributed by atoms with E-state index < -0.39 is 0 Å². The van der Waals surface area contributed by atoms with Crippen molar-refractivity contribution >= 4 is 0 Å². The Morgan fingerprint density at radius 1 is 1.43 bits per heavy atom. The summed E-state index contributed by atoms with van der Waals surface area (Å²) in [6.45, 7) is 11.2. The van der Waals surface area contributed by atoms with Crippen LogP contribution in [0.1, 0.15) is 47.5 Å². The van der Waals surface area contributed by atoms with Crippen molar-refractivity contribution in [3.8, 4) is 0 Å². The lowest BCUT2D eigenvalue weighted by molar-refractivity contribution is 0.449. The predicted molar refractivity (Wildman–Crippen MR) is 64.3 cm³/mol. The van der Waals surface area contributed by atoms with Crippen molar-refractivity contribution in [2.75, 3.05) is 0 Å². The van der Waals surface area contributed by atoms with Crippen molar-refractivity contribution in [3.05, 3.63) is 34.9 Å². The van der Waals surface area contributed by atoms with Gasteiger partial charge in [0.1, 0.15) is 0 Å². The van der Waals surface area contributed by atoms with Crippen LogP contribution in [0.25, 0.3) is 0 Å². The van der Waals surface area contributed by atoms with Crippen molar-refractivity contribution in [2.45, 2.75) is 47.5 Å². The molecule has 0 fully saturated rings. The molecule has 78 valence electrons. The molecule has 1 aliphatic carbocycles. The van der Waals surface area contributed by atoms with Gasteiger partial charge in [-0.1, -0.05) is 39.0 Å². The smallest absolute Gasteiger partial charge is 0.00662 e. The largest absolute Gasteiger partial charge is 0.0833 e. The molecule has 0 N–H and O–H groups in total. The summed E-state index contributed by atoms with van der Waals surface area (Å²) in [6.07, 6.45) is 9.28. The van der Waals surface area contributed by atoms with Crippen LogP contribution in [0.2, 0.25) is 0 Å². The Kier molecular flexibility index (Phi) is 3.36. The molecule has 0 aliphatic heterocycles. The number of hydrogen-bond acceptors (Lipinski definition) is 0. The second-order valence-corrected chi connectivity index (χ2v) is 4.70. The Labute approximate surface area is 88.4 Å². The Hall–Kier alpha value is -0.780. The van der Waals surface area contributed by atoms with Crippen molar-refractivity contribution in [1.29, 1.82) is 0 Å². The second kappa shape index (κ2) is 4.16. The van der Waals surface area contributed by atoms with Gasteiger partial charge < -0.3 is 0 Å². The van der Waals surface area contributed by atoms with Crippen LogP contribution in [-0.4, -0.2) is 0 Å². The highest BCUT2D eigenvalue weighted by Gasteiger charge is 2.28. The number of hydrogen-bond donors (Lipinski definition) is 0. The molecule has 0 heterocycles. The van der Waals surface area contributed by atoms with Crippen LogP contribution in [0.3, 0.4) is 0 Å². The lowest BCUT2D eigenvalue weighted by Gasteiger charge is -2.33. The van der Waals surface area contributed by atoms with E-state index in [9.17, 15) is 0 Å². The molecule has 0 nitrogen and oxygen atoms in total. The maximum Gasteiger partial charge on any atom is -0.00662 e. The van der Waals surface area contributed by atoms with Gasteiger partial charge in [0.05, 0.1) is 0 Å². The van der Waals surface area contributed by atoms with E-state index >= 15 is 0 Å². The minimum atomic E-state index is 0.315. The fourth-order valence-electron chi connectivity index (χ4n) is 2.23. The zero-order chi connectivity index (χ0) is 10.8. The first kappa shape index (κ1) is 11.3. The number of allylic oxidation sites excluding steroid dienone is 6. The highest BCUT2D eigenvalue weighted by Crippen LogP contribution is 2.42. The van der Waals surface area contributed by atoms with Crippen molar-refractivity contribution in [2.24, 2.45) is 5.41 Å². The minimum Gasteiger partial charge on any atom is -0.0833 e. The third kappa shape index (κ3) is 2.00. The second-order valence-electron chi connectivity index (χ2n) is 4.70. The van der Waals surface area contributed by atoms with Gasteiger partial charge in [-0.15, -0.1) is 0 Å². The highest BCUT2D eigenvalue weighted by molar-refractivity contribution is 5.51. The molecule has 14 heavy (non-hydrogen) atoms. The van der Waals surface area contributed by atoms with E-state index in [0.717, 1.165) is 6.42 Å². The van der Waals surface area contributed by atoms with Gasteiger partial charge in [0, 0.05) is 0 Å². The summed E-state index contributed by atoms with van der Waals surface area (Å²) >= 11 is 0. The fraction of sp³-hybridized carbons (Fsp3) is 0.571. The van der Waals surface area contributed by atoms with E-state index in [-0.39, 0.29) is 0 Å². The maximum absolute atomic E-state index is 2.37. The first-order valence-electron chi connectivity index (χ1n) is 5.57. The standard InChI is InChI=1S/C14H22/c1-6-8-12-11(3)9-10-14(4,5)13(12)7-2/h7-9H,6,10H2,1-5H3/b12-8-,13-7+. The zero-order valence-electron chi connectivity index (χ0n) is 10.1. The summed E-state index contributed by atoms with van der Waals surface area (Å²) in [5.41, 5.74) is 4.74. The molecule has 0 aromatic heterocycles. The SMILES string of the molecule is C/C=C1\C(=C/CC)C(C)=CCC1(C)C. The van der Waals surface area contributed by atoms with Gasteiger partial charge in [0.25, 0.3) is 0 Å². The molecule has 0 heteroatoms. The highest BCUT2D eigenvalue weighted by atomic mass is 14.3. The number of rotatable bonds is 1. The van der Waals surface area contributed by atoms with Gasteiger partial charge in [-0.25, -0.2) is 0 Å². The molecule has 1 aliphatic rings.